The lowest BCUT2D eigenvalue weighted by atomic mass is 10.2. The van der Waals surface area contributed by atoms with Crippen molar-refractivity contribution < 1.29 is 9.94 Å². The summed E-state index contributed by atoms with van der Waals surface area (Å²) in [7, 11) is 0. The van der Waals surface area contributed by atoms with Gasteiger partial charge in [-0.15, -0.1) is 0 Å². The standard InChI is InChI=1S/C14H15N3O2/c1-10-3-2-8-16-13(10)9-19-12-6-4-11(5-7-12)14(15)17-18/h2-8,18H,9H2,1H3,(H2,15,17). The molecule has 0 aliphatic heterocycles. The first-order valence-corrected chi connectivity index (χ1v) is 5.82. The van der Waals surface area contributed by atoms with E-state index >= 15 is 0 Å². The molecule has 0 aliphatic rings. The number of hydrogen-bond donors (Lipinski definition) is 2. The van der Waals surface area contributed by atoms with E-state index < -0.39 is 0 Å². The monoisotopic (exact) mass is 257 g/mol. The van der Waals surface area contributed by atoms with Crippen LogP contribution >= 0.6 is 0 Å². The predicted octanol–water partition coefficient (Wildman–Crippen LogP) is 2.06. The van der Waals surface area contributed by atoms with E-state index in [0.29, 0.717) is 17.9 Å². The van der Waals surface area contributed by atoms with Crippen LogP contribution in [0.3, 0.4) is 0 Å². The molecule has 0 aliphatic carbocycles. The zero-order valence-corrected chi connectivity index (χ0v) is 10.6. The molecule has 0 saturated carbocycles. The number of aryl methyl sites for hydroxylation is 1. The van der Waals surface area contributed by atoms with Crippen LogP contribution in [0.5, 0.6) is 5.75 Å². The van der Waals surface area contributed by atoms with Gasteiger partial charge in [0.25, 0.3) is 0 Å². The third kappa shape index (κ3) is 3.22. The summed E-state index contributed by atoms with van der Waals surface area (Å²) in [5.74, 6) is 0.784. The molecule has 1 heterocycles. The molecule has 1 aromatic carbocycles. The molecular formula is C14H15N3O2. The average Bonchev–Trinajstić information content (AvgIpc) is 2.46. The van der Waals surface area contributed by atoms with Gasteiger partial charge in [-0.1, -0.05) is 11.2 Å². The Morgan fingerprint density at radius 2 is 2.05 bits per heavy atom. The van der Waals surface area contributed by atoms with Crippen molar-refractivity contribution in [1.82, 2.24) is 4.98 Å². The van der Waals surface area contributed by atoms with Crippen molar-refractivity contribution in [2.45, 2.75) is 13.5 Å². The van der Waals surface area contributed by atoms with E-state index in [2.05, 4.69) is 10.1 Å². The van der Waals surface area contributed by atoms with Gasteiger partial charge >= 0.3 is 0 Å². The number of benzene rings is 1. The zero-order valence-electron chi connectivity index (χ0n) is 10.6. The van der Waals surface area contributed by atoms with Gasteiger partial charge in [0.1, 0.15) is 12.4 Å². The third-order valence-corrected chi connectivity index (χ3v) is 2.75. The van der Waals surface area contributed by atoms with Crippen LogP contribution < -0.4 is 10.5 Å². The Hall–Kier alpha value is -2.56. The lowest BCUT2D eigenvalue weighted by Gasteiger charge is -2.08. The predicted molar refractivity (Wildman–Crippen MR) is 72.3 cm³/mol. The normalized spacial score (nSPS) is 11.3. The second-order valence-electron chi connectivity index (χ2n) is 4.07. The molecule has 0 spiro atoms. The largest absolute Gasteiger partial charge is 0.487 e. The number of oxime groups is 1. The number of amidine groups is 1. The Bertz CT molecular complexity index is 579. The van der Waals surface area contributed by atoms with Gasteiger partial charge in [-0.3, -0.25) is 4.98 Å². The summed E-state index contributed by atoms with van der Waals surface area (Å²) in [5, 5.41) is 11.5. The van der Waals surface area contributed by atoms with Crippen molar-refractivity contribution in [3.8, 4) is 5.75 Å². The highest BCUT2D eigenvalue weighted by molar-refractivity contribution is 5.97. The number of nitrogens with zero attached hydrogens (tertiary/aromatic N) is 2. The lowest BCUT2D eigenvalue weighted by molar-refractivity contribution is 0.300. The molecule has 2 rings (SSSR count). The van der Waals surface area contributed by atoms with Crippen molar-refractivity contribution in [2.75, 3.05) is 0 Å². The van der Waals surface area contributed by atoms with Crippen LogP contribution in [0.2, 0.25) is 0 Å². The van der Waals surface area contributed by atoms with E-state index in [0.717, 1.165) is 11.3 Å². The molecule has 0 atom stereocenters. The minimum atomic E-state index is 0.0760. The average molecular weight is 257 g/mol. The summed E-state index contributed by atoms with van der Waals surface area (Å²) >= 11 is 0. The number of ether oxygens (including phenoxy) is 1. The fourth-order valence-corrected chi connectivity index (χ4v) is 1.60. The van der Waals surface area contributed by atoms with Crippen LogP contribution in [0.15, 0.2) is 47.8 Å². The number of aromatic nitrogens is 1. The van der Waals surface area contributed by atoms with Gasteiger partial charge in [-0.25, -0.2) is 0 Å². The van der Waals surface area contributed by atoms with E-state index in [1.165, 1.54) is 0 Å². The highest BCUT2D eigenvalue weighted by Gasteiger charge is 2.02. The molecule has 19 heavy (non-hydrogen) atoms. The van der Waals surface area contributed by atoms with Crippen molar-refractivity contribution in [1.29, 1.82) is 0 Å². The molecule has 0 radical (unpaired) electrons. The molecule has 3 N–H and O–H groups in total. The van der Waals surface area contributed by atoms with Crippen LogP contribution in [-0.4, -0.2) is 16.0 Å². The van der Waals surface area contributed by atoms with Gasteiger partial charge < -0.3 is 15.7 Å². The molecule has 1 aromatic heterocycles. The SMILES string of the molecule is Cc1cccnc1COc1ccc(/C(N)=N/O)cc1. The van der Waals surface area contributed by atoms with Crippen molar-refractivity contribution in [3.63, 3.8) is 0 Å². The maximum absolute atomic E-state index is 8.56. The second-order valence-corrected chi connectivity index (χ2v) is 4.07. The summed E-state index contributed by atoms with van der Waals surface area (Å²) < 4.78 is 5.64. The van der Waals surface area contributed by atoms with Crippen molar-refractivity contribution in [3.05, 3.63) is 59.4 Å². The first-order chi connectivity index (χ1) is 9.20. The molecule has 0 amide bonds. The summed E-state index contributed by atoms with van der Waals surface area (Å²) in [6, 6.07) is 10.9. The molecule has 2 aromatic rings. The first kappa shape index (κ1) is 12.9. The quantitative estimate of drug-likeness (QED) is 0.380. The Morgan fingerprint density at radius 1 is 1.32 bits per heavy atom. The Kier molecular flexibility index (Phi) is 3.97. The lowest BCUT2D eigenvalue weighted by Crippen LogP contribution is -2.12. The third-order valence-electron chi connectivity index (χ3n) is 2.75. The van der Waals surface area contributed by atoms with Gasteiger partial charge in [0.05, 0.1) is 5.69 Å². The van der Waals surface area contributed by atoms with Crippen LogP contribution in [0.4, 0.5) is 0 Å². The summed E-state index contributed by atoms with van der Waals surface area (Å²) in [6.45, 7) is 2.41. The van der Waals surface area contributed by atoms with Crippen LogP contribution in [0, 0.1) is 6.92 Å². The molecule has 0 saturated heterocycles. The fraction of sp³-hybridized carbons (Fsp3) is 0.143. The number of hydrogen-bond acceptors (Lipinski definition) is 4. The van der Waals surface area contributed by atoms with Gasteiger partial charge in [0.15, 0.2) is 5.84 Å². The molecule has 98 valence electrons. The highest BCUT2D eigenvalue weighted by Crippen LogP contribution is 2.14. The van der Waals surface area contributed by atoms with E-state index in [-0.39, 0.29) is 5.84 Å². The molecule has 0 unspecified atom stereocenters. The second kappa shape index (κ2) is 5.86. The van der Waals surface area contributed by atoms with Crippen LogP contribution in [0.25, 0.3) is 0 Å². The van der Waals surface area contributed by atoms with Gasteiger partial charge in [0, 0.05) is 11.8 Å². The van der Waals surface area contributed by atoms with Crippen molar-refractivity contribution >= 4 is 5.84 Å². The van der Waals surface area contributed by atoms with Gasteiger partial charge in [-0.2, -0.15) is 0 Å². The first-order valence-electron chi connectivity index (χ1n) is 5.82. The molecule has 5 nitrogen and oxygen atoms in total. The molecular weight excluding hydrogens is 242 g/mol. The van der Waals surface area contributed by atoms with E-state index in [1.807, 2.05) is 19.1 Å². The summed E-state index contributed by atoms with van der Waals surface area (Å²) in [6.07, 6.45) is 1.74. The Labute approximate surface area is 111 Å². The van der Waals surface area contributed by atoms with Gasteiger partial charge in [-0.05, 0) is 42.8 Å². The smallest absolute Gasteiger partial charge is 0.170 e. The maximum Gasteiger partial charge on any atom is 0.170 e. The minimum Gasteiger partial charge on any atom is -0.487 e. The van der Waals surface area contributed by atoms with Gasteiger partial charge in [0.2, 0.25) is 0 Å². The van der Waals surface area contributed by atoms with E-state index in [1.54, 1.807) is 30.5 Å². The summed E-state index contributed by atoms with van der Waals surface area (Å²) in [5.41, 5.74) is 8.12. The highest BCUT2D eigenvalue weighted by atomic mass is 16.5. The van der Waals surface area contributed by atoms with Crippen LogP contribution in [0.1, 0.15) is 16.8 Å². The molecule has 5 heteroatoms. The Morgan fingerprint density at radius 3 is 2.68 bits per heavy atom. The van der Waals surface area contributed by atoms with E-state index in [4.69, 9.17) is 15.7 Å². The fourth-order valence-electron chi connectivity index (χ4n) is 1.60. The maximum atomic E-state index is 8.56. The minimum absolute atomic E-state index is 0.0760. The molecule has 0 bridgehead atoms. The van der Waals surface area contributed by atoms with E-state index in [9.17, 15) is 0 Å². The van der Waals surface area contributed by atoms with Crippen LogP contribution in [-0.2, 0) is 6.61 Å². The number of pyridine rings is 1. The Balaban J connectivity index is 2.03. The number of nitrogens with two attached hydrogens (primary N) is 1. The van der Waals surface area contributed by atoms with Crippen molar-refractivity contribution in [2.24, 2.45) is 10.9 Å². The number of rotatable bonds is 4. The molecule has 0 fully saturated rings. The zero-order chi connectivity index (χ0) is 13.7. The summed E-state index contributed by atoms with van der Waals surface area (Å²) in [4.78, 5) is 4.26. The topological polar surface area (TPSA) is 80.7 Å².